The first kappa shape index (κ1) is 13.7. The van der Waals surface area contributed by atoms with Crippen LogP contribution < -0.4 is 10.2 Å². The van der Waals surface area contributed by atoms with Crippen molar-refractivity contribution in [3.8, 4) is 0 Å². The lowest BCUT2D eigenvalue weighted by molar-refractivity contribution is 0.361. The SMILES string of the molecule is CCNc1cc(N2CCCC(C)C2C)nc(C2CC2)n1. The van der Waals surface area contributed by atoms with Crippen LogP contribution in [0.3, 0.4) is 0 Å². The highest BCUT2D eigenvalue weighted by Crippen LogP contribution is 2.39. The molecule has 1 aromatic rings. The molecule has 1 aliphatic heterocycles. The Hall–Kier alpha value is -1.32. The van der Waals surface area contributed by atoms with E-state index in [2.05, 4.69) is 42.0 Å². The maximum absolute atomic E-state index is 4.86. The smallest absolute Gasteiger partial charge is 0.136 e. The van der Waals surface area contributed by atoms with Crippen LogP contribution in [0.15, 0.2) is 6.07 Å². The van der Waals surface area contributed by atoms with Crippen LogP contribution in [-0.2, 0) is 0 Å². The van der Waals surface area contributed by atoms with Crippen LogP contribution >= 0.6 is 0 Å². The Morgan fingerprint density at radius 3 is 2.75 bits per heavy atom. The summed E-state index contributed by atoms with van der Waals surface area (Å²) in [5, 5.41) is 3.36. The van der Waals surface area contributed by atoms with Gasteiger partial charge in [-0.15, -0.1) is 0 Å². The van der Waals surface area contributed by atoms with Crippen LogP contribution in [0.4, 0.5) is 11.6 Å². The lowest BCUT2D eigenvalue weighted by Crippen LogP contribution is -2.43. The summed E-state index contributed by atoms with van der Waals surface area (Å²) in [6, 6.07) is 2.70. The summed E-state index contributed by atoms with van der Waals surface area (Å²) in [6.07, 6.45) is 5.10. The fraction of sp³-hybridized carbons (Fsp3) is 0.750. The van der Waals surface area contributed by atoms with Gasteiger partial charge in [-0.3, -0.25) is 0 Å². The second kappa shape index (κ2) is 5.58. The van der Waals surface area contributed by atoms with Crippen molar-refractivity contribution in [3.05, 3.63) is 11.9 Å². The summed E-state index contributed by atoms with van der Waals surface area (Å²) in [7, 11) is 0. The van der Waals surface area contributed by atoms with Gasteiger partial charge in [-0.1, -0.05) is 6.92 Å². The number of hydrogen-bond acceptors (Lipinski definition) is 4. The first-order valence-electron chi connectivity index (χ1n) is 8.08. The van der Waals surface area contributed by atoms with Crippen molar-refractivity contribution >= 4 is 11.6 Å². The average Bonchev–Trinajstić information content (AvgIpc) is 3.26. The van der Waals surface area contributed by atoms with Gasteiger partial charge in [0.2, 0.25) is 0 Å². The minimum atomic E-state index is 0.570. The van der Waals surface area contributed by atoms with E-state index in [0.29, 0.717) is 12.0 Å². The molecule has 1 aliphatic carbocycles. The summed E-state index contributed by atoms with van der Waals surface area (Å²) >= 11 is 0. The Labute approximate surface area is 122 Å². The van der Waals surface area contributed by atoms with Crippen molar-refractivity contribution in [2.45, 2.75) is 58.4 Å². The van der Waals surface area contributed by atoms with Crippen LogP contribution in [0.1, 0.15) is 58.2 Å². The van der Waals surface area contributed by atoms with Crippen LogP contribution in [0.5, 0.6) is 0 Å². The van der Waals surface area contributed by atoms with E-state index in [1.54, 1.807) is 0 Å². The quantitative estimate of drug-likeness (QED) is 0.913. The molecule has 2 heterocycles. The molecule has 0 amide bonds. The number of hydrogen-bond donors (Lipinski definition) is 1. The maximum Gasteiger partial charge on any atom is 0.136 e. The van der Waals surface area contributed by atoms with Gasteiger partial charge in [0.1, 0.15) is 17.5 Å². The molecule has 20 heavy (non-hydrogen) atoms. The molecule has 0 radical (unpaired) electrons. The minimum absolute atomic E-state index is 0.570. The van der Waals surface area contributed by atoms with E-state index in [-0.39, 0.29) is 0 Å². The predicted molar refractivity (Wildman–Crippen MR) is 83.4 cm³/mol. The molecule has 1 N–H and O–H groups in total. The summed E-state index contributed by atoms with van der Waals surface area (Å²) in [5.41, 5.74) is 0. The molecule has 0 aromatic carbocycles. The molecule has 0 spiro atoms. The van der Waals surface area contributed by atoms with E-state index in [9.17, 15) is 0 Å². The Morgan fingerprint density at radius 1 is 1.25 bits per heavy atom. The molecular weight excluding hydrogens is 248 g/mol. The Balaban J connectivity index is 1.90. The monoisotopic (exact) mass is 274 g/mol. The van der Waals surface area contributed by atoms with Gasteiger partial charge in [0, 0.05) is 31.1 Å². The van der Waals surface area contributed by atoms with Crippen molar-refractivity contribution in [2.75, 3.05) is 23.3 Å². The number of aromatic nitrogens is 2. The van der Waals surface area contributed by atoms with Gasteiger partial charge in [0.05, 0.1) is 0 Å². The average molecular weight is 274 g/mol. The molecule has 2 atom stereocenters. The largest absolute Gasteiger partial charge is 0.370 e. The minimum Gasteiger partial charge on any atom is -0.370 e. The molecule has 2 fully saturated rings. The van der Waals surface area contributed by atoms with Gasteiger partial charge in [-0.25, -0.2) is 9.97 Å². The number of piperidine rings is 1. The standard InChI is InChI=1S/C16H26N4/c1-4-17-14-10-15(19-16(18-14)13-7-8-13)20-9-5-6-11(2)12(20)3/h10-13H,4-9H2,1-3H3,(H,17,18,19). The van der Waals surface area contributed by atoms with Gasteiger partial charge in [-0.2, -0.15) is 0 Å². The summed E-state index contributed by atoms with van der Waals surface area (Å²) in [4.78, 5) is 12.0. The van der Waals surface area contributed by atoms with E-state index in [4.69, 9.17) is 4.98 Å². The fourth-order valence-electron chi connectivity index (χ4n) is 3.05. The maximum atomic E-state index is 4.86. The zero-order valence-electron chi connectivity index (χ0n) is 12.9. The van der Waals surface area contributed by atoms with Crippen LogP contribution in [0.2, 0.25) is 0 Å². The van der Waals surface area contributed by atoms with E-state index in [1.165, 1.54) is 25.7 Å². The molecule has 4 heteroatoms. The first-order valence-corrected chi connectivity index (χ1v) is 8.08. The first-order chi connectivity index (χ1) is 9.69. The van der Waals surface area contributed by atoms with Crippen LogP contribution in [-0.4, -0.2) is 29.1 Å². The normalized spacial score (nSPS) is 26.6. The van der Waals surface area contributed by atoms with Gasteiger partial charge in [0.25, 0.3) is 0 Å². The lowest BCUT2D eigenvalue weighted by atomic mass is 9.92. The Kier molecular flexibility index (Phi) is 3.81. The third kappa shape index (κ3) is 2.74. The molecule has 2 aliphatic rings. The van der Waals surface area contributed by atoms with Gasteiger partial charge in [0.15, 0.2) is 0 Å². The number of nitrogens with one attached hydrogen (secondary N) is 1. The van der Waals surface area contributed by atoms with Crippen LogP contribution in [0, 0.1) is 5.92 Å². The van der Waals surface area contributed by atoms with E-state index >= 15 is 0 Å². The van der Waals surface area contributed by atoms with E-state index < -0.39 is 0 Å². The fourth-order valence-corrected chi connectivity index (χ4v) is 3.05. The highest BCUT2D eigenvalue weighted by atomic mass is 15.2. The third-order valence-electron chi connectivity index (χ3n) is 4.70. The highest BCUT2D eigenvalue weighted by molar-refractivity contribution is 5.51. The van der Waals surface area contributed by atoms with E-state index in [1.807, 2.05) is 0 Å². The molecule has 4 nitrogen and oxygen atoms in total. The second-order valence-corrected chi connectivity index (χ2v) is 6.33. The van der Waals surface area contributed by atoms with Crippen molar-refractivity contribution in [2.24, 2.45) is 5.92 Å². The summed E-state index contributed by atoms with van der Waals surface area (Å²) in [6.45, 7) is 8.83. The predicted octanol–water partition coefficient (Wildman–Crippen LogP) is 3.41. The lowest BCUT2D eigenvalue weighted by Gasteiger charge is -2.39. The molecule has 2 unspecified atom stereocenters. The third-order valence-corrected chi connectivity index (χ3v) is 4.70. The van der Waals surface area contributed by atoms with Crippen molar-refractivity contribution in [3.63, 3.8) is 0 Å². The summed E-state index contributed by atoms with van der Waals surface area (Å²) < 4.78 is 0. The number of rotatable bonds is 4. The highest BCUT2D eigenvalue weighted by Gasteiger charge is 2.30. The topological polar surface area (TPSA) is 41.0 Å². The molecule has 1 saturated carbocycles. The second-order valence-electron chi connectivity index (χ2n) is 6.33. The van der Waals surface area contributed by atoms with Crippen molar-refractivity contribution in [1.29, 1.82) is 0 Å². The Morgan fingerprint density at radius 2 is 2.05 bits per heavy atom. The molecule has 1 saturated heterocycles. The van der Waals surface area contributed by atoms with Gasteiger partial charge < -0.3 is 10.2 Å². The zero-order chi connectivity index (χ0) is 14.1. The molecule has 0 bridgehead atoms. The molecule has 3 rings (SSSR count). The van der Waals surface area contributed by atoms with Gasteiger partial charge in [-0.05, 0) is 45.4 Å². The van der Waals surface area contributed by atoms with Crippen LogP contribution in [0.25, 0.3) is 0 Å². The zero-order valence-corrected chi connectivity index (χ0v) is 12.9. The van der Waals surface area contributed by atoms with Crippen molar-refractivity contribution in [1.82, 2.24) is 9.97 Å². The number of nitrogens with zero attached hydrogens (tertiary/aromatic N) is 3. The summed E-state index contributed by atoms with van der Waals surface area (Å²) in [5.74, 6) is 4.50. The van der Waals surface area contributed by atoms with E-state index in [0.717, 1.165) is 36.5 Å². The molecule has 1 aromatic heterocycles. The molecular formula is C16H26N4. The number of anilines is 2. The van der Waals surface area contributed by atoms with Crippen molar-refractivity contribution < 1.29 is 0 Å². The Bertz CT molecular complexity index is 470. The molecule has 110 valence electrons. The van der Waals surface area contributed by atoms with Gasteiger partial charge >= 0.3 is 0 Å².